The molecule has 0 aliphatic heterocycles. The third-order valence-corrected chi connectivity index (χ3v) is 7.04. The van der Waals surface area contributed by atoms with Gasteiger partial charge in [-0.15, -0.1) is 11.3 Å². The van der Waals surface area contributed by atoms with E-state index in [1.807, 2.05) is 5.38 Å². The van der Waals surface area contributed by atoms with Gasteiger partial charge in [-0.25, -0.2) is 13.1 Å². The molecule has 1 heterocycles. The topological polar surface area (TPSA) is 58.2 Å². The molecule has 0 aromatic carbocycles. The van der Waals surface area contributed by atoms with Crippen LogP contribution < -0.4 is 10.0 Å². The van der Waals surface area contributed by atoms with Crippen molar-refractivity contribution in [3.63, 3.8) is 0 Å². The maximum atomic E-state index is 12.4. The van der Waals surface area contributed by atoms with Crippen molar-refractivity contribution in [2.24, 2.45) is 5.41 Å². The quantitative estimate of drug-likeness (QED) is 0.720. The standard InChI is InChI=1S/C15H26N2O2S2/c1-3-8-16-10-13-9-14(20-11-13)21(18,19)17-12-15(2)6-4-5-7-15/h9,11,16-17H,3-8,10,12H2,1-2H3. The molecule has 1 aromatic rings. The fourth-order valence-electron chi connectivity index (χ4n) is 2.74. The average Bonchev–Trinajstić information content (AvgIpc) is 3.07. The van der Waals surface area contributed by atoms with E-state index in [2.05, 4.69) is 23.9 Å². The van der Waals surface area contributed by atoms with Crippen molar-refractivity contribution in [1.82, 2.24) is 10.0 Å². The first-order valence-electron chi connectivity index (χ1n) is 7.73. The predicted octanol–water partition coefficient (Wildman–Crippen LogP) is 3.11. The average molecular weight is 331 g/mol. The van der Waals surface area contributed by atoms with Gasteiger partial charge in [-0.3, -0.25) is 0 Å². The third kappa shape index (κ3) is 4.77. The summed E-state index contributed by atoms with van der Waals surface area (Å²) in [7, 11) is -3.35. The molecule has 1 aliphatic carbocycles. The van der Waals surface area contributed by atoms with Crippen LogP contribution in [0.25, 0.3) is 0 Å². The molecule has 1 aliphatic rings. The van der Waals surface area contributed by atoms with E-state index in [4.69, 9.17) is 0 Å². The predicted molar refractivity (Wildman–Crippen MR) is 88.1 cm³/mol. The highest BCUT2D eigenvalue weighted by Gasteiger charge is 2.30. The second-order valence-electron chi connectivity index (χ2n) is 6.29. The van der Waals surface area contributed by atoms with Crippen molar-refractivity contribution in [2.75, 3.05) is 13.1 Å². The molecule has 0 radical (unpaired) electrons. The number of hydrogen-bond donors (Lipinski definition) is 2. The highest BCUT2D eigenvalue weighted by atomic mass is 32.2. The van der Waals surface area contributed by atoms with Gasteiger partial charge in [-0.2, -0.15) is 0 Å². The molecule has 6 heteroatoms. The fraction of sp³-hybridized carbons (Fsp3) is 0.733. The van der Waals surface area contributed by atoms with Crippen LogP contribution in [0, 0.1) is 5.41 Å². The summed E-state index contributed by atoms with van der Waals surface area (Å²) >= 11 is 1.31. The maximum Gasteiger partial charge on any atom is 0.250 e. The van der Waals surface area contributed by atoms with E-state index < -0.39 is 10.0 Å². The summed E-state index contributed by atoms with van der Waals surface area (Å²) in [6.07, 6.45) is 5.74. The Balaban J connectivity index is 1.92. The lowest BCUT2D eigenvalue weighted by atomic mass is 9.89. The number of sulfonamides is 1. The molecule has 21 heavy (non-hydrogen) atoms. The number of hydrogen-bond acceptors (Lipinski definition) is 4. The second-order valence-corrected chi connectivity index (χ2v) is 9.20. The Morgan fingerprint density at radius 1 is 1.33 bits per heavy atom. The lowest BCUT2D eigenvalue weighted by Gasteiger charge is -2.23. The molecule has 120 valence electrons. The van der Waals surface area contributed by atoms with Gasteiger partial charge >= 0.3 is 0 Å². The summed E-state index contributed by atoms with van der Waals surface area (Å²) < 4.78 is 27.9. The van der Waals surface area contributed by atoms with Gasteiger partial charge in [0.25, 0.3) is 0 Å². The van der Waals surface area contributed by atoms with Crippen LogP contribution in [0.5, 0.6) is 0 Å². The Morgan fingerprint density at radius 3 is 2.71 bits per heavy atom. The first-order chi connectivity index (χ1) is 9.95. The normalized spacial score (nSPS) is 18.2. The molecule has 0 amide bonds. The molecule has 2 rings (SSSR count). The van der Waals surface area contributed by atoms with Crippen molar-refractivity contribution in [3.05, 3.63) is 17.0 Å². The largest absolute Gasteiger partial charge is 0.313 e. The molecular weight excluding hydrogens is 304 g/mol. The SMILES string of the molecule is CCCNCc1csc(S(=O)(=O)NCC2(C)CCCC2)c1. The molecular formula is C15H26N2O2S2. The van der Waals surface area contributed by atoms with E-state index in [0.29, 0.717) is 10.8 Å². The lowest BCUT2D eigenvalue weighted by Crippen LogP contribution is -2.33. The zero-order valence-corrected chi connectivity index (χ0v) is 14.6. The smallest absolute Gasteiger partial charge is 0.250 e. The first-order valence-corrected chi connectivity index (χ1v) is 10.1. The van der Waals surface area contributed by atoms with Crippen LogP contribution >= 0.6 is 11.3 Å². The van der Waals surface area contributed by atoms with Crippen LogP contribution in [-0.2, 0) is 16.6 Å². The van der Waals surface area contributed by atoms with Gasteiger partial charge in [-0.1, -0.05) is 26.7 Å². The minimum atomic E-state index is -3.35. The zero-order valence-electron chi connectivity index (χ0n) is 12.9. The molecule has 0 bridgehead atoms. The maximum absolute atomic E-state index is 12.4. The van der Waals surface area contributed by atoms with E-state index in [9.17, 15) is 8.42 Å². The minimum absolute atomic E-state index is 0.135. The monoisotopic (exact) mass is 330 g/mol. The molecule has 2 N–H and O–H groups in total. The van der Waals surface area contributed by atoms with E-state index in [1.54, 1.807) is 6.07 Å². The second kappa shape index (κ2) is 7.22. The van der Waals surface area contributed by atoms with Crippen molar-refractivity contribution in [3.8, 4) is 0 Å². The van der Waals surface area contributed by atoms with Gasteiger partial charge < -0.3 is 5.32 Å². The Labute approximate surface area is 132 Å². The molecule has 0 atom stereocenters. The lowest BCUT2D eigenvalue weighted by molar-refractivity contribution is 0.336. The van der Waals surface area contributed by atoms with Gasteiger partial charge in [0.2, 0.25) is 10.0 Å². The highest BCUT2D eigenvalue weighted by molar-refractivity contribution is 7.91. The van der Waals surface area contributed by atoms with E-state index in [0.717, 1.165) is 37.9 Å². The van der Waals surface area contributed by atoms with Gasteiger partial charge in [0.1, 0.15) is 4.21 Å². The van der Waals surface area contributed by atoms with Gasteiger partial charge in [0, 0.05) is 13.1 Å². The van der Waals surface area contributed by atoms with Gasteiger partial charge in [-0.05, 0) is 48.2 Å². The Bertz CT molecular complexity index is 546. The van der Waals surface area contributed by atoms with Crippen LogP contribution in [0.2, 0.25) is 0 Å². The van der Waals surface area contributed by atoms with Crippen LogP contribution in [0.1, 0.15) is 51.5 Å². The summed E-state index contributed by atoms with van der Waals surface area (Å²) in [5.41, 5.74) is 1.18. The summed E-state index contributed by atoms with van der Waals surface area (Å²) in [5, 5.41) is 5.22. The molecule has 0 saturated heterocycles. The van der Waals surface area contributed by atoms with Crippen LogP contribution in [-0.4, -0.2) is 21.5 Å². The zero-order chi connectivity index (χ0) is 15.3. The third-order valence-electron chi connectivity index (χ3n) is 4.15. The van der Waals surface area contributed by atoms with Crippen LogP contribution in [0.3, 0.4) is 0 Å². The molecule has 4 nitrogen and oxygen atoms in total. The molecule has 1 saturated carbocycles. The number of nitrogens with one attached hydrogen (secondary N) is 2. The van der Waals surface area contributed by atoms with Crippen molar-refractivity contribution >= 4 is 21.4 Å². The Hall–Kier alpha value is -0.430. The fourth-order valence-corrected chi connectivity index (χ4v) is 5.20. The van der Waals surface area contributed by atoms with Gasteiger partial charge in [0.15, 0.2) is 0 Å². The van der Waals surface area contributed by atoms with Crippen molar-refractivity contribution in [1.29, 1.82) is 0 Å². The molecule has 1 fully saturated rings. The first kappa shape index (κ1) is 16.9. The summed E-state index contributed by atoms with van der Waals surface area (Å²) in [5.74, 6) is 0. The van der Waals surface area contributed by atoms with Gasteiger partial charge in [0.05, 0.1) is 0 Å². The van der Waals surface area contributed by atoms with Crippen LogP contribution in [0.15, 0.2) is 15.7 Å². The van der Waals surface area contributed by atoms with Crippen LogP contribution in [0.4, 0.5) is 0 Å². The molecule has 0 spiro atoms. The van der Waals surface area contributed by atoms with Crippen molar-refractivity contribution in [2.45, 2.75) is 56.7 Å². The van der Waals surface area contributed by atoms with E-state index in [1.165, 1.54) is 24.2 Å². The van der Waals surface area contributed by atoms with Crippen molar-refractivity contribution < 1.29 is 8.42 Å². The van der Waals surface area contributed by atoms with E-state index in [-0.39, 0.29) is 5.41 Å². The summed E-state index contributed by atoms with van der Waals surface area (Å²) in [6.45, 7) is 6.53. The van der Waals surface area contributed by atoms with E-state index >= 15 is 0 Å². The Morgan fingerprint density at radius 2 is 2.05 bits per heavy atom. The highest BCUT2D eigenvalue weighted by Crippen LogP contribution is 2.37. The molecule has 1 aromatic heterocycles. The minimum Gasteiger partial charge on any atom is -0.313 e. The molecule has 0 unspecified atom stereocenters. The Kier molecular flexibility index (Phi) is 5.82. The number of thiophene rings is 1. The number of rotatable bonds is 8. The summed E-state index contributed by atoms with van der Waals surface area (Å²) in [4.78, 5) is 0. The summed E-state index contributed by atoms with van der Waals surface area (Å²) in [6, 6.07) is 1.78.